The van der Waals surface area contributed by atoms with Gasteiger partial charge in [-0.3, -0.25) is 4.79 Å². The number of aromatic nitrogens is 1. The number of hydrogen-bond acceptors (Lipinski definition) is 2. The van der Waals surface area contributed by atoms with E-state index >= 15 is 0 Å². The minimum absolute atomic E-state index is 0.239. The van der Waals surface area contributed by atoms with Gasteiger partial charge in [0.15, 0.2) is 0 Å². The van der Waals surface area contributed by atoms with Gasteiger partial charge >= 0.3 is 0 Å². The summed E-state index contributed by atoms with van der Waals surface area (Å²) in [5.74, 6) is -0.186. The molecule has 2 atom stereocenters. The second-order valence-electron chi connectivity index (χ2n) is 4.28. The van der Waals surface area contributed by atoms with Gasteiger partial charge in [-0.05, 0) is 30.9 Å². The molecule has 1 saturated carbocycles. The number of hydrogen-bond donors (Lipinski definition) is 1. The highest BCUT2D eigenvalue weighted by Crippen LogP contribution is 2.30. The van der Waals surface area contributed by atoms with E-state index in [1.165, 1.54) is 18.6 Å². The minimum Gasteiger partial charge on any atom is -0.350 e. The van der Waals surface area contributed by atoms with Crippen LogP contribution in [0, 0.1) is 11.7 Å². The quantitative estimate of drug-likeness (QED) is 0.872. The van der Waals surface area contributed by atoms with E-state index < -0.39 is 5.82 Å². The van der Waals surface area contributed by atoms with E-state index in [1.807, 2.05) is 0 Å². The zero-order chi connectivity index (χ0) is 12.3. The van der Waals surface area contributed by atoms with Crippen molar-refractivity contribution in [3.8, 4) is 0 Å². The average molecular weight is 301 g/mol. The molecule has 3 nitrogen and oxygen atoms in total. The molecule has 0 aliphatic heterocycles. The molecule has 92 valence electrons. The smallest absolute Gasteiger partial charge is 0.269 e. The van der Waals surface area contributed by atoms with Crippen molar-refractivity contribution < 1.29 is 9.18 Å². The molecule has 1 heterocycles. The van der Waals surface area contributed by atoms with Gasteiger partial charge in [0, 0.05) is 11.4 Å². The van der Waals surface area contributed by atoms with Crippen molar-refractivity contribution >= 4 is 21.8 Å². The summed E-state index contributed by atoms with van der Waals surface area (Å²) in [7, 11) is 0. The summed E-state index contributed by atoms with van der Waals surface area (Å²) in [4.78, 5) is 15.9. The van der Waals surface area contributed by atoms with E-state index in [0.29, 0.717) is 17.3 Å². The van der Waals surface area contributed by atoms with Gasteiger partial charge in [0.25, 0.3) is 5.91 Å². The molecule has 1 fully saturated rings. The van der Waals surface area contributed by atoms with Crippen LogP contribution in [0.5, 0.6) is 0 Å². The van der Waals surface area contributed by atoms with Gasteiger partial charge in [-0.2, -0.15) is 0 Å². The predicted molar refractivity (Wildman–Crippen MR) is 66.6 cm³/mol. The van der Waals surface area contributed by atoms with Crippen LogP contribution in [0.1, 0.15) is 29.8 Å². The fourth-order valence-electron chi connectivity index (χ4n) is 2.05. The third-order valence-corrected chi connectivity index (χ3v) is 4.26. The Bertz CT molecular complexity index is 396. The van der Waals surface area contributed by atoms with E-state index in [4.69, 9.17) is 0 Å². The van der Waals surface area contributed by atoms with Gasteiger partial charge in [-0.15, -0.1) is 0 Å². The molecule has 0 bridgehead atoms. The summed E-state index contributed by atoms with van der Waals surface area (Å²) >= 11 is 3.60. The van der Waals surface area contributed by atoms with Crippen molar-refractivity contribution in [1.29, 1.82) is 0 Å². The van der Waals surface area contributed by atoms with E-state index in [-0.39, 0.29) is 11.6 Å². The van der Waals surface area contributed by atoms with E-state index in [1.54, 1.807) is 0 Å². The summed E-state index contributed by atoms with van der Waals surface area (Å²) in [6.07, 6.45) is 4.55. The number of pyridine rings is 1. The summed E-state index contributed by atoms with van der Waals surface area (Å²) in [6.45, 7) is 0.647. The molecule has 2 rings (SSSR count). The van der Waals surface area contributed by atoms with Crippen LogP contribution in [-0.4, -0.2) is 22.3 Å². The number of nitrogens with one attached hydrogen (secondary N) is 1. The van der Waals surface area contributed by atoms with Crippen LogP contribution in [0.2, 0.25) is 0 Å². The molecule has 1 aliphatic carbocycles. The van der Waals surface area contributed by atoms with Gasteiger partial charge in [-0.1, -0.05) is 22.4 Å². The zero-order valence-corrected chi connectivity index (χ0v) is 10.9. The highest BCUT2D eigenvalue weighted by molar-refractivity contribution is 9.09. The van der Waals surface area contributed by atoms with Gasteiger partial charge in [0.2, 0.25) is 0 Å². The van der Waals surface area contributed by atoms with Crippen LogP contribution in [0.15, 0.2) is 18.3 Å². The average Bonchev–Trinajstić information content (AvgIpc) is 2.73. The fraction of sp³-hybridized carbons (Fsp3) is 0.500. The second-order valence-corrected chi connectivity index (χ2v) is 5.45. The Balaban J connectivity index is 1.87. The molecule has 17 heavy (non-hydrogen) atoms. The number of carbonyl (C=O) groups excluding carboxylic acids is 1. The zero-order valence-electron chi connectivity index (χ0n) is 9.33. The lowest BCUT2D eigenvalue weighted by molar-refractivity contribution is 0.0943. The lowest BCUT2D eigenvalue weighted by Gasteiger charge is -2.14. The van der Waals surface area contributed by atoms with Crippen molar-refractivity contribution in [1.82, 2.24) is 10.3 Å². The predicted octanol–water partition coefficient (Wildman–Crippen LogP) is 2.51. The topological polar surface area (TPSA) is 42.0 Å². The standard InChI is InChI=1S/C12H14BrFN2O/c13-10-3-1-2-8(10)6-16-12(17)11-5-4-9(14)7-15-11/h4-5,7-8,10H,1-3,6H2,(H,16,17). The molecule has 0 saturated heterocycles. The molecule has 0 spiro atoms. The first-order valence-electron chi connectivity index (χ1n) is 5.70. The molecule has 1 N–H and O–H groups in total. The molecular formula is C12H14BrFN2O. The Kier molecular flexibility index (Phi) is 4.10. The SMILES string of the molecule is O=C(NCC1CCCC1Br)c1ccc(F)cn1. The Hall–Kier alpha value is -0.970. The number of amides is 1. The van der Waals surface area contributed by atoms with E-state index in [9.17, 15) is 9.18 Å². The van der Waals surface area contributed by atoms with Crippen LogP contribution < -0.4 is 5.32 Å². The maximum absolute atomic E-state index is 12.6. The first-order valence-corrected chi connectivity index (χ1v) is 6.62. The summed E-state index contributed by atoms with van der Waals surface area (Å²) in [5.41, 5.74) is 0.260. The van der Waals surface area contributed by atoms with Crippen LogP contribution >= 0.6 is 15.9 Å². The van der Waals surface area contributed by atoms with Crippen molar-refractivity contribution in [2.24, 2.45) is 5.92 Å². The van der Waals surface area contributed by atoms with E-state index in [0.717, 1.165) is 19.0 Å². The van der Waals surface area contributed by atoms with Crippen LogP contribution in [0.4, 0.5) is 4.39 Å². The Morgan fingerprint density at radius 3 is 2.94 bits per heavy atom. The van der Waals surface area contributed by atoms with Crippen LogP contribution in [-0.2, 0) is 0 Å². The molecule has 0 aromatic carbocycles. The van der Waals surface area contributed by atoms with Gasteiger partial charge in [-0.25, -0.2) is 9.37 Å². The molecule has 1 aromatic rings. The first kappa shape index (κ1) is 12.5. The number of rotatable bonds is 3. The summed E-state index contributed by atoms with van der Waals surface area (Å²) in [5, 5.41) is 2.84. The molecule has 5 heteroatoms. The largest absolute Gasteiger partial charge is 0.350 e. The highest BCUT2D eigenvalue weighted by atomic mass is 79.9. The Morgan fingerprint density at radius 2 is 2.35 bits per heavy atom. The van der Waals surface area contributed by atoms with Gasteiger partial charge < -0.3 is 5.32 Å². The van der Waals surface area contributed by atoms with Crippen LogP contribution in [0.25, 0.3) is 0 Å². The molecule has 2 unspecified atom stereocenters. The van der Waals surface area contributed by atoms with Crippen molar-refractivity contribution in [2.75, 3.05) is 6.54 Å². The third kappa shape index (κ3) is 3.25. The fourth-order valence-corrected chi connectivity index (χ4v) is 2.82. The lowest BCUT2D eigenvalue weighted by atomic mass is 10.1. The normalized spacial score (nSPS) is 23.6. The van der Waals surface area contributed by atoms with Gasteiger partial charge in [0.05, 0.1) is 6.20 Å². The molecule has 0 radical (unpaired) electrons. The molecular weight excluding hydrogens is 287 g/mol. The summed E-state index contributed by atoms with van der Waals surface area (Å²) < 4.78 is 12.6. The number of alkyl halides is 1. The maximum Gasteiger partial charge on any atom is 0.269 e. The number of nitrogens with zero attached hydrogens (tertiary/aromatic N) is 1. The third-order valence-electron chi connectivity index (χ3n) is 3.05. The molecule has 1 amide bonds. The highest BCUT2D eigenvalue weighted by Gasteiger charge is 2.25. The van der Waals surface area contributed by atoms with E-state index in [2.05, 4.69) is 26.2 Å². The Labute approximate surface area is 108 Å². The monoisotopic (exact) mass is 300 g/mol. The number of carbonyl (C=O) groups is 1. The van der Waals surface area contributed by atoms with Crippen LogP contribution in [0.3, 0.4) is 0 Å². The second kappa shape index (κ2) is 5.58. The maximum atomic E-state index is 12.6. The Morgan fingerprint density at radius 1 is 1.53 bits per heavy atom. The summed E-state index contributed by atoms with van der Waals surface area (Å²) in [6, 6.07) is 2.63. The minimum atomic E-state index is -0.433. The van der Waals surface area contributed by atoms with Crippen molar-refractivity contribution in [2.45, 2.75) is 24.1 Å². The first-order chi connectivity index (χ1) is 8.16. The van der Waals surface area contributed by atoms with Crippen molar-refractivity contribution in [3.05, 3.63) is 29.8 Å². The lowest BCUT2D eigenvalue weighted by Crippen LogP contribution is -2.31. The van der Waals surface area contributed by atoms with Gasteiger partial charge in [0.1, 0.15) is 11.5 Å². The molecule has 1 aromatic heterocycles. The molecule has 1 aliphatic rings. The number of halogens is 2. The van der Waals surface area contributed by atoms with Crippen molar-refractivity contribution in [3.63, 3.8) is 0 Å².